The number of benzene rings is 2. The number of ether oxygens (including phenoxy) is 1. The van der Waals surface area contributed by atoms with Gasteiger partial charge >= 0.3 is 11.9 Å². The van der Waals surface area contributed by atoms with Crippen LogP contribution in [0.3, 0.4) is 0 Å². The van der Waals surface area contributed by atoms with Gasteiger partial charge in [-0.1, -0.05) is 61.7 Å². The number of carbonyl (C=O) groups excluding carboxylic acids is 1. The zero-order valence-corrected chi connectivity index (χ0v) is 18.8. The molecular weight excluding hydrogens is 402 g/mol. The number of carbonyl (C=O) groups is 2. The third-order valence-electron chi connectivity index (χ3n) is 6.94. The molecule has 1 unspecified atom stereocenters. The van der Waals surface area contributed by atoms with Gasteiger partial charge < -0.3 is 14.7 Å². The van der Waals surface area contributed by atoms with Gasteiger partial charge in [0.1, 0.15) is 6.04 Å². The summed E-state index contributed by atoms with van der Waals surface area (Å²) in [6.45, 7) is 0. The number of carboxylic acids is 1. The van der Waals surface area contributed by atoms with Crippen molar-refractivity contribution >= 4 is 29.3 Å². The van der Waals surface area contributed by atoms with Crippen LogP contribution in [0.4, 0.5) is 5.69 Å². The van der Waals surface area contributed by atoms with E-state index in [1.165, 1.54) is 31.9 Å². The SMILES string of the molecule is COC(=O)c1ccc(/C(=C/c2ccccc2)C2CCCCC2)c2c1CCC(C(=O)O)N2C. The van der Waals surface area contributed by atoms with E-state index in [4.69, 9.17) is 4.74 Å². The number of fused-ring (bicyclic) bond motifs is 1. The van der Waals surface area contributed by atoms with Gasteiger partial charge in [0.25, 0.3) is 0 Å². The number of rotatable bonds is 5. The Bertz CT molecular complexity index is 1020. The van der Waals surface area contributed by atoms with Crippen molar-refractivity contribution in [2.75, 3.05) is 19.1 Å². The summed E-state index contributed by atoms with van der Waals surface area (Å²) in [4.78, 5) is 26.3. The van der Waals surface area contributed by atoms with Crippen molar-refractivity contribution in [2.45, 2.75) is 51.0 Å². The first-order chi connectivity index (χ1) is 15.5. The zero-order chi connectivity index (χ0) is 22.7. The van der Waals surface area contributed by atoms with Crippen LogP contribution in [0.25, 0.3) is 11.6 Å². The second-order valence-corrected chi connectivity index (χ2v) is 8.83. The molecule has 5 nitrogen and oxygen atoms in total. The Morgan fingerprint density at radius 3 is 2.34 bits per heavy atom. The Labute approximate surface area is 189 Å². The Kier molecular flexibility index (Phi) is 6.63. The molecule has 4 rings (SSSR count). The van der Waals surface area contributed by atoms with Gasteiger partial charge in [-0.25, -0.2) is 9.59 Å². The van der Waals surface area contributed by atoms with Crippen LogP contribution in [0.5, 0.6) is 0 Å². The summed E-state index contributed by atoms with van der Waals surface area (Å²) < 4.78 is 5.04. The molecule has 5 heteroatoms. The molecule has 0 radical (unpaired) electrons. The van der Waals surface area contributed by atoms with Crippen LogP contribution in [0.15, 0.2) is 42.5 Å². The lowest BCUT2D eigenvalue weighted by Gasteiger charge is -2.37. The maximum atomic E-state index is 12.5. The van der Waals surface area contributed by atoms with Crippen LogP contribution in [0.2, 0.25) is 0 Å². The van der Waals surface area contributed by atoms with E-state index in [0.29, 0.717) is 24.3 Å². The molecule has 0 saturated heterocycles. The van der Waals surface area contributed by atoms with Crippen LogP contribution in [0.1, 0.15) is 65.6 Å². The third kappa shape index (κ3) is 4.29. The van der Waals surface area contributed by atoms with Gasteiger partial charge in [0.15, 0.2) is 0 Å². The number of anilines is 1. The average Bonchev–Trinajstić information content (AvgIpc) is 2.82. The molecule has 168 valence electrons. The number of hydrogen-bond donors (Lipinski definition) is 1. The van der Waals surface area contributed by atoms with E-state index in [0.717, 1.165) is 35.2 Å². The van der Waals surface area contributed by atoms with E-state index >= 15 is 0 Å². The lowest BCUT2D eigenvalue weighted by molar-refractivity contribution is -0.138. The molecule has 1 atom stereocenters. The predicted molar refractivity (Wildman–Crippen MR) is 127 cm³/mol. The predicted octanol–water partition coefficient (Wildman–Crippen LogP) is 5.43. The number of hydrogen-bond acceptors (Lipinski definition) is 4. The summed E-state index contributed by atoms with van der Waals surface area (Å²) in [6.07, 6.45) is 9.17. The van der Waals surface area contributed by atoms with Crippen molar-refractivity contribution in [3.05, 3.63) is 64.7 Å². The molecule has 1 heterocycles. The summed E-state index contributed by atoms with van der Waals surface area (Å²) in [5.41, 5.74) is 5.69. The summed E-state index contributed by atoms with van der Waals surface area (Å²) in [5.74, 6) is -0.796. The molecule has 0 amide bonds. The topological polar surface area (TPSA) is 66.8 Å². The monoisotopic (exact) mass is 433 g/mol. The minimum Gasteiger partial charge on any atom is -0.480 e. The lowest BCUT2D eigenvalue weighted by atomic mass is 9.77. The molecule has 1 aliphatic heterocycles. The molecule has 2 aromatic carbocycles. The fraction of sp³-hybridized carbons (Fsp3) is 0.407. The highest BCUT2D eigenvalue weighted by molar-refractivity contribution is 5.98. The Hall–Kier alpha value is -3.08. The Morgan fingerprint density at radius 1 is 1.00 bits per heavy atom. The molecule has 32 heavy (non-hydrogen) atoms. The molecule has 1 saturated carbocycles. The highest BCUT2D eigenvalue weighted by Crippen LogP contribution is 2.44. The average molecular weight is 434 g/mol. The van der Waals surface area contributed by atoms with Crippen LogP contribution in [-0.2, 0) is 16.0 Å². The quantitative estimate of drug-likeness (QED) is 0.503. The summed E-state index contributed by atoms with van der Waals surface area (Å²) in [5, 5.41) is 9.82. The molecule has 1 fully saturated rings. The van der Waals surface area contributed by atoms with E-state index in [9.17, 15) is 14.7 Å². The van der Waals surface area contributed by atoms with Crippen LogP contribution in [0, 0.1) is 5.92 Å². The third-order valence-corrected chi connectivity index (χ3v) is 6.94. The van der Waals surface area contributed by atoms with Crippen molar-refractivity contribution in [2.24, 2.45) is 5.92 Å². The van der Waals surface area contributed by atoms with Gasteiger partial charge in [-0.3, -0.25) is 0 Å². The number of carboxylic acid groups (broad SMARTS) is 1. The molecule has 2 aromatic rings. The fourth-order valence-electron chi connectivity index (χ4n) is 5.30. The minimum atomic E-state index is -0.834. The van der Waals surface area contributed by atoms with Gasteiger partial charge in [-0.15, -0.1) is 0 Å². The van der Waals surface area contributed by atoms with Crippen LogP contribution >= 0.6 is 0 Å². The molecule has 0 aromatic heterocycles. The van der Waals surface area contributed by atoms with Crippen molar-refractivity contribution in [1.82, 2.24) is 0 Å². The highest BCUT2D eigenvalue weighted by atomic mass is 16.5. The molecule has 0 spiro atoms. The van der Waals surface area contributed by atoms with Crippen molar-refractivity contribution < 1.29 is 19.4 Å². The number of methoxy groups -OCH3 is 1. The summed E-state index contributed by atoms with van der Waals surface area (Å²) in [6, 6.07) is 13.5. The van der Waals surface area contributed by atoms with Crippen molar-refractivity contribution in [1.29, 1.82) is 0 Å². The molecule has 2 aliphatic rings. The van der Waals surface area contributed by atoms with Gasteiger partial charge in [-0.2, -0.15) is 0 Å². The van der Waals surface area contributed by atoms with Crippen molar-refractivity contribution in [3.63, 3.8) is 0 Å². The number of allylic oxidation sites excluding steroid dienone is 1. The fourth-order valence-corrected chi connectivity index (χ4v) is 5.30. The standard InChI is InChI=1S/C27H31NO4/c1-28-24(26(29)30)16-15-20-22(27(31)32-2)14-13-21(25(20)28)23(19-11-7-4-8-12-19)17-18-9-5-3-6-10-18/h3,5-6,9-10,13-14,17,19,24H,4,7-8,11-12,15-16H2,1-2H3,(H,29,30)/b23-17+. The highest BCUT2D eigenvalue weighted by Gasteiger charge is 2.35. The Balaban J connectivity index is 1.92. The van der Waals surface area contributed by atoms with Crippen LogP contribution in [-0.4, -0.2) is 37.2 Å². The molecule has 1 aliphatic carbocycles. The number of likely N-dealkylation sites (N-methyl/N-ethyl adjacent to an activating group) is 1. The van der Waals surface area contributed by atoms with Gasteiger partial charge in [-0.05, 0) is 54.4 Å². The first-order valence-corrected chi connectivity index (χ1v) is 11.5. The second kappa shape index (κ2) is 9.60. The Morgan fingerprint density at radius 2 is 1.69 bits per heavy atom. The second-order valence-electron chi connectivity index (χ2n) is 8.83. The normalized spacial score (nSPS) is 19.4. The van der Waals surface area contributed by atoms with Gasteiger partial charge in [0.05, 0.1) is 12.7 Å². The molecule has 0 bridgehead atoms. The lowest BCUT2D eigenvalue weighted by Crippen LogP contribution is -2.43. The maximum Gasteiger partial charge on any atom is 0.338 e. The summed E-state index contributed by atoms with van der Waals surface area (Å²) in [7, 11) is 3.22. The maximum absolute atomic E-state index is 12.5. The van der Waals surface area contributed by atoms with E-state index in [2.05, 4.69) is 18.2 Å². The number of esters is 1. The van der Waals surface area contributed by atoms with Crippen LogP contribution < -0.4 is 4.90 Å². The van der Waals surface area contributed by atoms with E-state index < -0.39 is 12.0 Å². The minimum absolute atomic E-state index is 0.374. The van der Waals surface area contributed by atoms with Gasteiger partial charge in [0, 0.05) is 18.3 Å². The van der Waals surface area contributed by atoms with Crippen molar-refractivity contribution in [3.8, 4) is 0 Å². The molecule has 1 N–H and O–H groups in total. The first-order valence-electron chi connectivity index (χ1n) is 11.5. The molecular formula is C27H31NO4. The largest absolute Gasteiger partial charge is 0.480 e. The first kappa shape index (κ1) is 22.1. The number of nitrogens with zero attached hydrogens (tertiary/aromatic N) is 1. The zero-order valence-electron chi connectivity index (χ0n) is 18.8. The summed E-state index contributed by atoms with van der Waals surface area (Å²) >= 11 is 0. The number of aliphatic carboxylic acids is 1. The smallest absolute Gasteiger partial charge is 0.338 e. The van der Waals surface area contributed by atoms with E-state index in [1.54, 1.807) is 0 Å². The van der Waals surface area contributed by atoms with Gasteiger partial charge in [0.2, 0.25) is 0 Å². The van der Waals surface area contributed by atoms with E-state index in [-0.39, 0.29) is 5.97 Å². The van der Waals surface area contributed by atoms with E-state index in [1.807, 2.05) is 42.3 Å².